The van der Waals surface area contributed by atoms with Gasteiger partial charge in [0.1, 0.15) is 0 Å². The van der Waals surface area contributed by atoms with E-state index in [1.165, 1.54) is 0 Å². The van der Waals surface area contributed by atoms with E-state index < -0.39 is 15.4 Å². The lowest BCUT2D eigenvalue weighted by atomic mass is 9.74. The fraction of sp³-hybridized carbons (Fsp3) is 0.529. The summed E-state index contributed by atoms with van der Waals surface area (Å²) in [4.78, 5) is 21.1. The second-order valence-electron chi connectivity index (χ2n) is 6.14. The smallest absolute Gasteiger partial charge is 0.290 e. The van der Waals surface area contributed by atoms with Crippen molar-refractivity contribution in [2.75, 3.05) is 17.6 Å². The summed E-state index contributed by atoms with van der Waals surface area (Å²) >= 11 is 0. The Balaban J connectivity index is 0.000000701. The Bertz CT molecular complexity index is 749. The molecule has 8 heteroatoms. The predicted octanol–water partition coefficient (Wildman–Crippen LogP) is 1.80. The number of benzene rings is 1. The third-order valence-corrected chi connectivity index (χ3v) is 6.87. The first-order valence-electron chi connectivity index (χ1n) is 8.37. The van der Waals surface area contributed by atoms with Gasteiger partial charge in [-0.2, -0.15) is 4.31 Å². The van der Waals surface area contributed by atoms with Crippen LogP contribution >= 0.6 is 0 Å². The second-order valence-corrected chi connectivity index (χ2v) is 8.35. The Morgan fingerprint density at radius 3 is 2.60 bits per heavy atom. The largest absolute Gasteiger partial charge is 0.483 e. The molecule has 1 amide bonds. The Kier molecular flexibility index (Phi) is 5.84. The summed E-state index contributed by atoms with van der Waals surface area (Å²) in [6.45, 7) is 3.86. The lowest BCUT2D eigenvalue weighted by Crippen LogP contribution is -2.49. The first-order chi connectivity index (χ1) is 11.9. The minimum Gasteiger partial charge on any atom is -0.483 e. The number of anilines is 1. The van der Waals surface area contributed by atoms with Gasteiger partial charge in [0, 0.05) is 18.3 Å². The van der Waals surface area contributed by atoms with E-state index in [2.05, 4.69) is 5.32 Å². The third kappa shape index (κ3) is 3.16. The molecule has 2 atom stereocenters. The number of sulfonamides is 1. The molecule has 138 valence electrons. The fourth-order valence-corrected chi connectivity index (χ4v) is 5.31. The normalized spacial score (nSPS) is 25.2. The van der Waals surface area contributed by atoms with Gasteiger partial charge >= 0.3 is 0 Å². The number of fused-ring (bicyclic) bond motifs is 2. The molecule has 0 aromatic heterocycles. The van der Waals surface area contributed by atoms with Gasteiger partial charge in [-0.3, -0.25) is 9.59 Å². The van der Waals surface area contributed by atoms with Crippen LogP contribution in [0.2, 0.25) is 0 Å². The maximum Gasteiger partial charge on any atom is 0.290 e. The molecule has 0 bridgehead atoms. The highest BCUT2D eigenvalue weighted by atomic mass is 32.2. The molecule has 1 fully saturated rings. The Labute approximate surface area is 148 Å². The standard InChI is InChI=1S/C16H22N2O3S.CH2O2/c1-3-7-14-16(10-11-18(14)22(20,21)4-2)12-8-5-6-9-13(12)17-15(16)19;2-1-3/h5-6,8-9,14H,3-4,7,10-11H2,1-2H3,(H,17,19);1H,(H,2,3)/t14-,16+;/m0./s1. The molecular formula is C17H24N2O5S. The van der Waals surface area contributed by atoms with Gasteiger partial charge in [-0.1, -0.05) is 31.5 Å². The molecule has 1 aromatic rings. The van der Waals surface area contributed by atoms with Gasteiger partial charge in [-0.15, -0.1) is 0 Å². The number of carbonyl (C=O) groups is 2. The number of rotatable bonds is 4. The van der Waals surface area contributed by atoms with E-state index >= 15 is 0 Å². The van der Waals surface area contributed by atoms with Crippen molar-refractivity contribution in [2.45, 2.75) is 44.6 Å². The molecule has 1 saturated heterocycles. The maximum absolute atomic E-state index is 12.8. The predicted molar refractivity (Wildman–Crippen MR) is 94.9 cm³/mol. The number of carbonyl (C=O) groups excluding carboxylic acids is 1. The summed E-state index contributed by atoms with van der Waals surface area (Å²) < 4.78 is 26.4. The van der Waals surface area contributed by atoms with Crippen molar-refractivity contribution in [1.82, 2.24) is 4.31 Å². The van der Waals surface area contributed by atoms with Gasteiger partial charge in [0.05, 0.1) is 11.2 Å². The number of nitrogens with one attached hydrogen (secondary N) is 1. The molecule has 0 aliphatic carbocycles. The van der Waals surface area contributed by atoms with Gasteiger partial charge in [0.25, 0.3) is 6.47 Å². The summed E-state index contributed by atoms with van der Waals surface area (Å²) in [5, 5.41) is 9.84. The fourth-order valence-electron chi connectivity index (χ4n) is 3.93. The van der Waals surface area contributed by atoms with Crippen molar-refractivity contribution >= 4 is 28.1 Å². The summed E-state index contributed by atoms with van der Waals surface area (Å²) in [5.41, 5.74) is 1.05. The number of carboxylic acid groups (broad SMARTS) is 1. The van der Waals surface area contributed by atoms with Crippen molar-refractivity contribution in [3.05, 3.63) is 29.8 Å². The zero-order valence-corrected chi connectivity index (χ0v) is 15.3. The molecule has 2 aliphatic rings. The average molecular weight is 368 g/mol. The number of nitrogens with zero attached hydrogens (tertiary/aromatic N) is 1. The van der Waals surface area contributed by atoms with Crippen molar-refractivity contribution in [2.24, 2.45) is 0 Å². The van der Waals surface area contributed by atoms with E-state index in [0.29, 0.717) is 19.4 Å². The second kappa shape index (κ2) is 7.53. The Morgan fingerprint density at radius 2 is 2.00 bits per heavy atom. The molecule has 0 unspecified atom stereocenters. The number of amides is 1. The summed E-state index contributed by atoms with van der Waals surface area (Å²) in [6, 6.07) is 7.37. The molecule has 2 heterocycles. The lowest BCUT2D eigenvalue weighted by Gasteiger charge is -2.33. The number of para-hydroxylation sites is 1. The van der Waals surface area contributed by atoms with Crippen LogP contribution in [0.15, 0.2) is 24.3 Å². The van der Waals surface area contributed by atoms with Crippen LogP contribution in [0, 0.1) is 0 Å². The van der Waals surface area contributed by atoms with Crippen LogP contribution in [-0.2, 0) is 25.0 Å². The van der Waals surface area contributed by atoms with Crippen molar-refractivity contribution < 1.29 is 23.1 Å². The van der Waals surface area contributed by atoms with Gasteiger partial charge in [0.2, 0.25) is 15.9 Å². The van der Waals surface area contributed by atoms with E-state index in [1.54, 1.807) is 11.2 Å². The first kappa shape index (κ1) is 19.4. The van der Waals surface area contributed by atoms with Gasteiger partial charge in [-0.05, 0) is 31.4 Å². The Morgan fingerprint density at radius 1 is 1.36 bits per heavy atom. The SMILES string of the molecule is CCC[C@@H]1N(S(=O)(=O)CC)CC[C@]12C(=O)Nc1ccccc12.O=CO. The summed E-state index contributed by atoms with van der Waals surface area (Å²) in [5.74, 6) is 0.0213. The van der Waals surface area contributed by atoms with Crippen LogP contribution in [0.5, 0.6) is 0 Å². The van der Waals surface area contributed by atoms with Crippen LogP contribution in [0.3, 0.4) is 0 Å². The monoisotopic (exact) mass is 368 g/mol. The van der Waals surface area contributed by atoms with Gasteiger partial charge < -0.3 is 10.4 Å². The molecule has 1 aromatic carbocycles. The zero-order chi connectivity index (χ0) is 18.7. The molecular weight excluding hydrogens is 344 g/mol. The molecule has 0 saturated carbocycles. The maximum atomic E-state index is 12.8. The molecule has 2 aliphatic heterocycles. The molecule has 0 radical (unpaired) electrons. The van der Waals surface area contributed by atoms with E-state index in [4.69, 9.17) is 9.90 Å². The average Bonchev–Trinajstić information content (AvgIpc) is 3.10. The first-order valence-corrected chi connectivity index (χ1v) is 9.98. The minimum absolute atomic E-state index is 0.0547. The van der Waals surface area contributed by atoms with E-state index in [9.17, 15) is 13.2 Å². The van der Waals surface area contributed by atoms with Crippen molar-refractivity contribution in [3.8, 4) is 0 Å². The van der Waals surface area contributed by atoms with E-state index in [0.717, 1.165) is 17.7 Å². The minimum atomic E-state index is -3.31. The third-order valence-electron chi connectivity index (χ3n) is 4.99. The van der Waals surface area contributed by atoms with Crippen molar-refractivity contribution in [1.29, 1.82) is 0 Å². The molecule has 25 heavy (non-hydrogen) atoms. The van der Waals surface area contributed by atoms with E-state index in [1.807, 2.05) is 31.2 Å². The van der Waals surface area contributed by atoms with Crippen LogP contribution in [-0.4, -0.2) is 48.5 Å². The topological polar surface area (TPSA) is 104 Å². The lowest BCUT2D eigenvalue weighted by molar-refractivity contribution is -0.123. The quantitative estimate of drug-likeness (QED) is 0.789. The van der Waals surface area contributed by atoms with Crippen LogP contribution in [0.4, 0.5) is 5.69 Å². The van der Waals surface area contributed by atoms with Crippen molar-refractivity contribution in [3.63, 3.8) is 0 Å². The zero-order valence-electron chi connectivity index (χ0n) is 14.4. The van der Waals surface area contributed by atoms with Crippen LogP contribution in [0.1, 0.15) is 38.7 Å². The summed E-state index contributed by atoms with van der Waals surface area (Å²) in [6.07, 6.45) is 2.10. The molecule has 3 rings (SSSR count). The number of hydrogen-bond donors (Lipinski definition) is 2. The highest BCUT2D eigenvalue weighted by Gasteiger charge is 2.59. The van der Waals surface area contributed by atoms with Crippen LogP contribution in [0.25, 0.3) is 0 Å². The molecule has 2 N–H and O–H groups in total. The van der Waals surface area contributed by atoms with Gasteiger partial charge in [-0.25, -0.2) is 8.42 Å². The molecule has 7 nitrogen and oxygen atoms in total. The summed E-state index contributed by atoms with van der Waals surface area (Å²) in [7, 11) is -3.31. The van der Waals surface area contributed by atoms with E-state index in [-0.39, 0.29) is 24.2 Å². The number of hydrogen-bond acceptors (Lipinski definition) is 4. The van der Waals surface area contributed by atoms with Crippen LogP contribution < -0.4 is 5.32 Å². The molecule has 1 spiro atoms. The highest BCUT2D eigenvalue weighted by Crippen LogP contribution is 2.50. The van der Waals surface area contributed by atoms with Gasteiger partial charge in [0.15, 0.2) is 0 Å². The Hall–Kier alpha value is -1.93. The highest BCUT2D eigenvalue weighted by molar-refractivity contribution is 7.89.